The van der Waals surface area contributed by atoms with Gasteiger partial charge in [-0.25, -0.2) is 0 Å². The smallest absolute Gasteiger partial charge is 0.164 e. The van der Waals surface area contributed by atoms with E-state index in [2.05, 4.69) is 18.0 Å². The molecule has 2 aliphatic rings. The molecule has 4 nitrogen and oxygen atoms in total. The lowest BCUT2D eigenvalue weighted by Gasteiger charge is -2.53. The Labute approximate surface area is 133 Å². The van der Waals surface area contributed by atoms with Crippen molar-refractivity contribution in [3.8, 4) is 11.5 Å². The van der Waals surface area contributed by atoms with Crippen molar-refractivity contribution in [1.29, 1.82) is 0 Å². The lowest BCUT2D eigenvalue weighted by molar-refractivity contribution is -0.0398. The largest absolute Gasteiger partial charge is 0.493 e. The van der Waals surface area contributed by atoms with E-state index in [1.165, 1.54) is 6.42 Å². The molecular weight excluding hydrogens is 278 g/mol. The second kappa shape index (κ2) is 6.09. The van der Waals surface area contributed by atoms with Crippen LogP contribution < -0.4 is 9.47 Å². The number of hydrogen-bond acceptors (Lipinski definition) is 4. The Kier molecular flexibility index (Phi) is 4.33. The van der Waals surface area contributed by atoms with E-state index in [1.54, 1.807) is 14.2 Å². The summed E-state index contributed by atoms with van der Waals surface area (Å²) in [6.45, 7) is 2.05. The second-order valence-electron chi connectivity index (χ2n) is 6.74. The van der Waals surface area contributed by atoms with Crippen LogP contribution in [0, 0.1) is 5.92 Å². The summed E-state index contributed by atoms with van der Waals surface area (Å²) < 4.78 is 11.2. The molecule has 1 aromatic carbocycles. The molecule has 2 fully saturated rings. The minimum atomic E-state index is -0.305. The summed E-state index contributed by atoms with van der Waals surface area (Å²) in [5, 5.41) is 11.0. The number of aliphatic hydroxyl groups is 1. The molecule has 0 spiro atoms. The Morgan fingerprint density at radius 1 is 1.23 bits per heavy atom. The summed E-state index contributed by atoms with van der Waals surface area (Å²) in [6, 6.07) is 6.06. The molecule has 1 aliphatic carbocycles. The molecule has 0 amide bonds. The van der Waals surface area contributed by atoms with E-state index in [0.29, 0.717) is 5.92 Å². The average molecular weight is 305 g/mol. The highest BCUT2D eigenvalue weighted by molar-refractivity contribution is 5.51. The monoisotopic (exact) mass is 305 g/mol. The van der Waals surface area contributed by atoms with Crippen molar-refractivity contribution in [3.05, 3.63) is 23.8 Å². The van der Waals surface area contributed by atoms with Crippen LogP contribution in [-0.4, -0.2) is 50.5 Å². The molecule has 1 N–H and O–H groups in total. The molecule has 122 valence electrons. The van der Waals surface area contributed by atoms with Gasteiger partial charge < -0.3 is 19.5 Å². The van der Waals surface area contributed by atoms with Crippen molar-refractivity contribution in [3.63, 3.8) is 0 Å². The first-order valence-corrected chi connectivity index (χ1v) is 8.21. The number of rotatable bonds is 3. The SMILES string of the molecule is COc1cccc(C23CCN(C)CC2CCCC3O)c1OC. The van der Waals surface area contributed by atoms with E-state index < -0.39 is 0 Å². The van der Waals surface area contributed by atoms with Gasteiger partial charge in [-0.05, 0) is 44.8 Å². The van der Waals surface area contributed by atoms with Crippen molar-refractivity contribution in [1.82, 2.24) is 4.90 Å². The molecule has 1 heterocycles. The quantitative estimate of drug-likeness (QED) is 0.931. The minimum Gasteiger partial charge on any atom is -0.493 e. The van der Waals surface area contributed by atoms with Gasteiger partial charge in [0.15, 0.2) is 11.5 Å². The highest BCUT2D eigenvalue weighted by Gasteiger charge is 2.52. The van der Waals surface area contributed by atoms with Gasteiger partial charge in [-0.2, -0.15) is 0 Å². The highest BCUT2D eigenvalue weighted by atomic mass is 16.5. The summed E-state index contributed by atoms with van der Waals surface area (Å²) in [6.07, 6.45) is 3.82. The van der Waals surface area contributed by atoms with Gasteiger partial charge in [-0.15, -0.1) is 0 Å². The maximum absolute atomic E-state index is 11.0. The number of piperidine rings is 1. The van der Waals surface area contributed by atoms with Crippen LogP contribution in [-0.2, 0) is 5.41 Å². The molecule has 3 atom stereocenters. The first-order valence-electron chi connectivity index (χ1n) is 8.21. The van der Waals surface area contributed by atoms with Crippen molar-refractivity contribution in [2.45, 2.75) is 37.2 Å². The van der Waals surface area contributed by atoms with E-state index in [9.17, 15) is 5.11 Å². The van der Waals surface area contributed by atoms with Gasteiger partial charge in [0, 0.05) is 17.5 Å². The Morgan fingerprint density at radius 2 is 2.05 bits per heavy atom. The van der Waals surface area contributed by atoms with Crippen molar-refractivity contribution in [2.75, 3.05) is 34.4 Å². The van der Waals surface area contributed by atoms with Gasteiger partial charge in [-0.1, -0.05) is 18.6 Å². The van der Waals surface area contributed by atoms with Crippen LogP contribution in [0.25, 0.3) is 0 Å². The molecule has 0 bridgehead atoms. The van der Waals surface area contributed by atoms with Crippen molar-refractivity contribution in [2.24, 2.45) is 5.92 Å². The molecule has 1 saturated carbocycles. The van der Waals surface area contributed by atoms with Crippen molar-refractivity contribution < 1.29 is 14.6 Å². The van der Waals surface area contributed by atoms with Crippen LogP contribution in [0.5, 0.6) is 11.5 Å². The number of methoxy groups -OCH3 is 2. The molecule has 4 heteroatoms. The van der Waals surface area contributed by atoms with Crippen LogP contribution >= 0.6 is 0 Å². The zero-order valence-corrected chi connectivity index (χ0v) is 13.8. The normalized spacial score (nSPS) is 32.4. The van der Waals surface area contributed by atoms with Gasteiger partial charge in [0.05, 0.1) is 20.3 Å². The number of para-hydroxylation sites is 1. The fourth-order valence-corrected chi connectivity index (χ4v) is 4.60. The van der Waals surface area contributed by atoms with E-state index >= 15 is 0 Å². The first kappa shape index (κ1) is 15.6. The molecule has 22 heavy (non-hydrogen) atoms. The summed E-state index contributed by atoms with van der Waals surface area (Å²) in [7, 11) is 5.54. The third kappa shape index (κ3) is 2.29. The Balaban J connectivity index is 2.13. The Morgan fingerprint density at radius 3 is 2.77 bits per heavy atom. The van der Waals surface area contributed by atoms with Gasteiger partial charge >= 0.3 is 0 Å². The summed E-state index contributed by atoms with van der Waals surface area (Å²) in [4.78, 5) is 2.38. The van der Waals surface area contributed by atoms with Gasteiger partial charge in [0.2, 0.25) is 0 Å². The molecule has 3 unspecified atom stereocenters. The molecule has 3 rings (SSSR count). The van der Waals surface area contributed by atoms with E-state index in [-0.39, 0.29) is 11.5 Å². The maximum atomic E-state index is 11.0. The van der Waals surface area contributed by atoms with Crippen molar-refractivity contribution >= 4 is 0 Å². The number of fused-ring (bicyclic) bond motifs is 1. The number of nitrogens with zero attached hydrogens (tertiary/aromatic N) is 1. The van der Waals surface area contributed by atoms with Crippen LogP contribution in [0.2, 0.25) is 0 Å². The summed E-state index contributed by atoms with van der Waals surface area (Å²) >= 11 is 0. The maximum Gasteiger partial charge on any atom is 0.164 e. The molecule has 1 aliphatic heterocycles. The third-order valence-corrected chi connectivity index (χ3v) is 5.70. The lowest BCUT2D eigenvalue weighted by Crippen LogP contribution is -2.57. The summed E-state index contributed by atoms with van der Waals surface area (Å²) in [5.41, 5.74) is 0.921. The zero-order valence-electron chi connectivity index (χ0n) is 13.8. The summed E-state index contributed by atoms with van der Waals surface area (Å²) in [5.74, 6) is 2.02. The van der Waals surface area contributed by atoms with Crippen LogP contribution in [0.4, 0.5) is 0 Å². The van der Waals surface area contributed by atoms with E-state index in [0.717, 1.165) is 49.4 Å². The Hall–Kier alpha value is -1.26. The highest BCUT2D eigenvalue weighted by Crippen LogP contribution is 2.52. The standard InChI is InChI=1S/C18H27NO3/c1-19-11-10-18(13(12-19)6-4-9-16(18)20)14-7-5-8-15(21-2)17(14)22-3/h5,7-8,13,16,20H,4,6,9-12H2,1-3H3. The number of aliphatic hydroxyl groups excluding tert-OH is 1. The van der Waals surface area contributed by atoms with E-state index in [4.69, 9.17) is 9.47 Å². The topological polar surface area (TPSA) is 41.9 Å². The van der Waals surface area contributed by atoms with E-state index in [1.807, 2.05) is 12.1 Å². The van der Waals surface area contributed by atoms with Crippen LogP contribution in [0.1, 0.15) is 31.2 Å². The molecule has 1 saturated heterocycles. The van der Waals surface area contributed by atoms with Crippen LogP contribution in [0.15, 0.2) is 18.2 Å². The first-order chi connectivity index (χ1) is 10.6. The Bertz CT molecular complexity index is 533. The van der Waals surface area contributed by atoms with Gasteiger partial charge in [0.1, 0.15) is 0 Å². The molecule has 0 aromatic heterocycles. The lowest BCUT2D eigenvalue weighted by atomic mass is 9.57. The fourth-order valence-electron chi connectivity index (χ4n) is 4.60. The molecular formula is C18H27NO3. The predicted octanol–water partition coefficient (Wildman–Crippen LogP) is 2.44. The predicted molar refractivity (Wildman–Crippen MR) is 86.7 cm³/mol. The second-order valence-corrected chi connectivity index (χ2v) is 6.74. The molecule has 0 radical (unpaired) electrons. The van der Waals surface area contributed by atoms with Gasteiger partial charge in [0.25, 0.3) is 0 Å². The molecule has 1 aromatic rings. The van der Waals surface area contributed by atoms with Gasteiger partial charge in [-0.3, -0.25) is 0 Å². The number of ether oxygens (including phenoxy) is 2. The number of benzene rings is 1. The third-order valence-electron chi connectivity index (χ3n) is 5.70. The number of hydrogen-bond donors (Lipinski definition) is 1. The number of likely N-dealkylation sites (tertiary alicyclic amines) is 1. The minimum absolute atomic E-state index is 0.204. The zero-order chi connectivity index (χ0) is 15.7. The van der Waals surface area contributed by atoms with Crippen LogP contribution in [0.3, 0.4) is 0 Å². The average Bonchev–Trinajstić information content (AvgIpc) is 2.54. The fraction of sp³-hybridized carbons (Fsp3) is 0.667.